The number of rotatable bonds is 3. The molecule has 0 amide bonds. The molecule has 0 heterocycles. The van der Waals surface area contributed by atoms with Gasteiger partial charge in [-0.05, 0) is 24.0 Å². The Labute approximate surface area is 122 Å². The van der Waals surface area contributed by atoms with Gasteiger partial charge >= 0.3 is 0 Å². The highest BCUT2D eigenvalue weighted by Gasteiger charge is 2.33. The number of hydrogen-bond donors (Lipinski definition) is 0. The maximum Gasteiger partial charge on any atom is 0.168 e. The second kappa shape index (κ2) is 6.44. The molecular weight excluding hydrogens is 276 g/mol. The first-order valence-corrected chi connectivity index (χ1v) is 8.56. The first-order chi connectivity index (χ1) is 9.17. The number of benzene rings is 1. The fraction of sp³-hybridized carbons (Fsp3) is 0.333. The van der Waals surface area contributed by atoms with E-state index in [1.807, 2.05) is 42.8 Å². The average Bonchev–Trinajstić information content (AvgIpc) is 2.43. The third-order valence-electron chi connectivity index (χ3n) is 3.27. The molecular formula is C15H16O2S2. The van der Waals surface area contributed by atoms with E-state index in [9.17, 15) is 9.59 Å². The highest BCUT2D eigenvalue weighted by Crippen LogP contribution is 2.37. The molecule has 0 bridgehead atoms. The molecule has 1 aromatic carbocycles. The Bertz CT molecular complexity index is 494. The monoisotopic (exact) mass is 292 g/mol. The van der Waals surface area contributed by atoms with Crippen LogP contribution >= 0.6 is 23.5 Å². The summed E-state index contributed by atoms with van der Waals surface area (Å²) < 4.78 is 0.849. The van der Waals surface area contributed by atoms with Gasteiger partial charge in [0, 0.05) is 12.8 Å². The van der Waals surface area contributed by atoms with E-state index in [-0.39, 0.29) is 17.5 Å². The summed E-state index contributed by atoms with van der Waals surface area (Å²) >= 11 is 2.96. The van der Waals surface area contributed by atoms with Crippen LogP contribution in [0.15, 0.2) is 40.1 Å². The maximum absolute atomic E-state index is 12.2. The third kappa shape index (κ3) is 3.12. The molecule has 1 aromatic rings. The molecule has 2 rings (SSSR count). The van der Waals surface area contributed by atoms with Crippen LogP contribution < -0.4 is 0 Å². The predicted molar refractivity (Wildman–Crippen MR) is 82.5 cm³/mol. The summed E-state index contributed by atoms with van der Waals surface area (Å²) in [6.07, 6.45) is 4.69. The van der Waals surface area contributed by atoms with Crippen LogP contribution in [-0.4, -0.2) is 24.1 Å². The van der Waals surface area contributed by atoms with Gasteiger partial charge in [0.15, 0.2) is 11.6 Å². The van der Waals surface area contributed by atoms with Gasteiger partial charge in [-0.15, -0.1) is 23.5 Å². The second-order valence-corrected chi connectivity index (χ2v) is 6.32. The molecule has 0 N–H and O–H groups in total. The second-order valence-electron chi connectivity index (χ2n) is 4.43. The summed E-state index contributed by atoms with van der Waals surface area (Å²) in [5.74, 6) is 0.0162. The number of carbonyl (C=O) groups excluding carboxylic acids is 2. The van der Waals surface area contributed by atoms with Crippen LogP contribution in [0.2, 0.25) is 0 Å². The Kier molecular flexibility index (Phi) is 4.88. The minimum absolute atomic E-state index is 0.0104. The molecule has 1 aliphatic rings. The SMILES string of the molecule is CSC(SC)=C1C(=O)CC(c2ccccc2)CC1=O. The summed E-state index contributed by atoms with van der Waals surface area (Å²) in [5, 5.41) is 0. The fourth-order valence-corrected chi connectivity index (χ4v) is 3.89. The van der Waals surface area contributed by atoms with Gasteiger partial charge in [0.2, 0.25) is 0 Å². The largest absolute Gasteiger partial charge is 0.294 e. The van der Waals surface area contributed by atoms with E-state index in [0.717, 1.165) is 9.80 Å². The molecule has 1 aliphatic carbocycles. The molecule has 1 fully saturated rings. The van der Waals surface area contributed by atoms with Crippen molar-refractivity contribution >= 4 is 35.1 Å². The first kappa shape index (κ1) is 14.4. The lowest BCUT2D eigenvalue weighted by molar-refractivity contribution is -0.124. The molecule has 0 saturated heterocycles. The van der Waals surface area contributed by atoms with Gasteiger partial charge in [-0.3, -0.25) is 9.59 Å². The Balaban J connectivity index is 2.27. The molecule has 0 radical (unpaired) electrons. The summed E-state index contributed by atoms with van der Waals surface area (Å²) in [6, 6.07) is 9.82. The molecule has 0 aromatic heterocycles. The smallest absolute Gasteiger partial charge is 0.168 e. The van der Waals surface area contributed by atoms with Gasteiger partial charge < -0.3 is 0 Å². The summed E-state index contributed by atoms with van der Waals surface area (Å²) in [4.78, 5) is 24.5. The van der Waals surface area contributed by atoms with E-state index in [0.29, 0.717) is 18.4 Å². The standard InChI is InChI=1S/C15H16O2S2/c1-18-15(19-2)14-12(16)8-11(9-13(14)17)10-6-4-3-5-7-10/h3-7,11H,8-9H2,1-2H3. The van der Waals surface area contributed by atoms with E-state index in [1.54, 1.807) is 0 Å². The van der Waals surface area contributed by atoms with Crippen LogP contribution in [0.1, 0.15) is 24.3 Å². The number of Topliss-reactive ketones (excluding diaryl/α,β-unsaturated/α-hetero) is 2. The van der Waals surface area contributed by atoms with Crippen molar-refractivity contribution < 1.29 is 9.59 Å². The van der Waals surface area contributed by atoms with Crippen molar-refractivity contribution in [3.05, 3.63) is 45.7 Å². The Hall–Kier alpha value is -1.00. The number of ketones is 2. The quantitative estimate of drug-likeness (QED) is 0.629. The van der Waals surface area contributed by atoms with Crippen LogP contribution in [0.5, 0.6) is 0 Å². The van der Waals surface area contributed by atoms with Crippen LogP contribution in [0.4, 0.5) is 0 Å². The Morgan fingerprint density at radius 2 is 1.53 bits per heavy atom. The lowest BCUT2D eigenvalue weighted by atomic mass is 9.80. The normalized spacial score (nSPS) is 19.7. The van der Waals surface area contributed by atoms with E-state index >= 15 is 0 Å². The Morgan fingerprint density at radius 1 is 1.00 bits per heavy atom. The van der Waals surface area contributed by atoms with Crippen molar-refractivity contribution in [3.63, 3.8) is 0 Å². The average molecular weight is 292 g/mol. The lowest BCUT2D eigenvalue weighted by Crippen LogP contribution is -2.25. The third-order valence-corrected chi connectivity index (χ3v) is 5.42. The Morgan fingerprint density at radius 3 is 2.00 bits per heavy atom. The van der Waals surface area contributed by atoms with Crippen molar-refractivity contribution in [1.29, 1.82) is 0 Å². The molecule has 100 valence electrons. The summed E-state index contributed by atoms with van der Waals surface area (Å²) in [5.41, 5.74) is 1.50. The molecule has 0 atom stereocenters. The zero-order valence-electron chi connectivity index (χ0n) is 11.0. The van der Waals surface area contributed by atoms with E-state index < -0.39 is 0 Å². The molecule has 19 heavy (non-hydrogen) atoms. The van der Waals surface area contributed by atoms with E-state index in [1.165, 1.54) is 23.5 Å². The molecule has 0 aliphatic heterocycles. The van der Waals surface area contributed by atoms with Gasteiger partial charge in [0.05, 0.1) is 9.81 Å². The summed E-state index contributed by atoms with van der Waals surface area (Å²) in [6.45, 7) is 0. The molecule has 0 unspecified atom stereocenters. The van der Waals surface area contributed by atoms with Crippen molar-refractivity contribution in [1.82, 2.24) is 0 Å². The highest BCUT2D eigenvalue weighted by molar-refractivity contribution is 8.21. The van der Waals surface area contributed by atoms with Crippen LogP contribution in [-0.2, 0) is 9.59 Å². The molecule has 4 heteroatoms. The minimum atomic E-state index is -0.0104. The van der Waals surface area contributed by atoms with Crippen LogP contribution in [0.25, 0.3) is 0 Å². The molecule has 0 spiro atoms. The van der Waals surface area contributed by atoms with Crippen molar-refractivity contribution in [2.45, 2.75) is 18.8 Å². The van der Waals surface area contributed by atoms with E-state index in [4.69, 9.17) is 0 Å². The lowest BCUT2D eigenvalue weighted by Gasteiger charge is -2.23. The van der Waals surface area contributed by atoms with Crippen molar-refractivity contribution in [2.24, 2.45) is 0 Å². The topological polar surface area (TPSA) is 34.1 Å². The van der Waals surface area contributed by atoms with Gasteiger partial charge in [-0.25, -0.2) is 0 Å². The minimum Gasteiger partial charge on any atom is -0.294 e. The number of allylic oxidation sites excluding steroid dienone is 1. The zero-order chi connectivity index (χ0) is 13.8. The van der Waals surface area contributed by atoms with Crippen LogP contribution in [0.3, 0.4) is 0 Å². The van der Waals surface area contributed by atoms with Gasteiger partial charge in [0.1, 0.15) is 0 Å². The van der Waals surface area contributed by atoms with Gasteiger partial charge in [-0.1, -0.05) is 30.3 Å². The van der Waals surface area contributed by atoms with Crippen molar-refractivity contribution in [2.75, 3.05) is 12.5 Å². The number of thioether (sulfide) groups is 2. The predicted octanol–water partition coefficient (Wildman–Crippen LogP) is 3.64. The summed E-state index contributed by atoms with van der Waals surface area (Å²) in [7, 11) is 0. The van der Waals surface area contributed by atoms with Crippen molar-refractivity contribution in [3.8, 4) is 0 Å². The van der Waals surface area contributed by atoms with E-state index in [2.05, 4.69) is 0 Å². The van der Waals surface area contributed by atoms with Crippen LogP contribution in [0, 0.1) is 0 Å². The fourth-order valence-electron chi connectivity index (χ4n) is 2.36. The number of carbonyl (C=O) groups is 2. The first-order valence-electron chi connectivity index (χ1n) is 6.11. The van der Waals surface area contributed by atoms with Gasteiger partial charge in [-0.2, -0.15) is 0 Å². The highest BCUT2D eigenvalue weighted by atomic mass is 32.2. The zero-order valence-corrected chi connectivity index (χ0v) is 12.6. The molecule has 1 saturated carbocycles. The van der Waals surface area contributed by atoms with Gasteiger partial charge in [0.25, 0.3) is 0 Å². The number of hydrogen-bond acceptors (Lipinski definition) is 4. The molecule has 2 nitrogen and oxygen atoms in total. The maximum atomic E-state index is 12.2.